The number of rotatable bonds is 0. The zero-order chi connectivity index (χ0) is 10.4. The van der Waals surface area contributed by atoms with Gasteiger partial charge < -0.3 is 19.4 Å². The average Bonchev–Trinajstić information content (AvgIpc) is 1.52. The minimum Gasteiger partial charge on any atom is -0.394 e. The minimum absolute atomic E-state index is 0.562. The summed E-state index contributed by atoms with van der Waals surface area (Å²) in [7, 11) is -4.64. The Morgan fingerprint density at radius 1 is 1.08 bits per heavy atom. The van der Waals surface area contributed by atoms with Crippen LogP contribution in [0.25, 0.3) is 0 Å². The molecule has 0 rings (SSSR count). The van der Waals surface area contributed by atoms with Crippen LogP contribution in [-0.2, 0) is 18.9 Å². The first kappa shape index (κ1) is 13.8. The lowest BCUT2D eigenvalue weighted by atomic mass is 10.7. The number of esters is 2. The molecule has 0 spiro atoms. The van der Waals surface area contributed by atoms with Crippen LogP contribution in [0.4, 0.5) is 0 Å². The molecular weight excluding hydrogens is 191 g/mol. The van der Waals surface area contributed by atoms with E-state index < -0.39 is 19.8 Å². The van der Waals surface area contributed by atoms with Crippen LogP contribution in [0.5, 0.6) is 0 Å². The van der Waals surface area contributed by atoms with Gasteiger partial charge in [0.1, 0.15) is 0 Å². The Hall–Kier alpha value is -0.750. The van der Waals surface area contributed by atoms with Crippen molar-refractivity contribution in [3.63, 3.8) is 0 Å². The SMILES string of the molecule is CC(=O)OC(C)=O.O=P(O)(O)O. The molecule has 0 aromatic carbocycles. The Morgan fingerprint density at radius 3 is 1.25 bits per heavy atom. The van der Waals surface area contributed by atoms with E-state index in [2.05, 4.69) is 4.74 Å². The van der Waals surface area contributed by atoms with Crippen molar-refractivity contribution in [2.75, 3.05) is 0 Å². The molecule has 0 saturated heterocycles. The number of ether oxygens (including phenoxy) is 1. The number of carbonyl (C=O) groups excluding carboxylic acids is 2. The molecule has 0 fully saturated rings. The molecule has 0 saturated carbocycles. The molecule has 0 aliphatic heterocycles. The molecule has 0 aliphatic rings. The zero-order valence-corrected chi connectivity index (χ0v) is 7.32. The number of hydrogen-bond acceptors (Lipinski definition) is 4. The van der Waals surface area contributed by atoms with Crippen molar-refractivity contribution >= 4 is 19.8 Å². The van der Waals surface area contributed by atoms with E-state index in [1.165, 1.54) is 13.8 Å². The van der Waals surface area contributed by atoms with Crippen LogP contribution in [0.15, 0.2) is 0 Å². The lowest BCUT2D eigenvalue weighted by Gasteiger charge is -1.87. The summed E-state index contributed by atoms with van der Waals surface area (Å²) in [5.74, 6) is -1.12. The molecule has 0 amide bonds. The van der Waals surface area contributed by atoms with Gasteiger partial charge >= 0.3 is 19.8 Å². The van der Waals surface area contributed by atoms with Gasteiger partial charge in [-0.1, -0.05) is 0 Å². The highest BCUT2D eigenvalue weighted by atomic mass is 31.2. The summed E-state index contributed by atoms with van der Waals surface area (Å²) < 4.78 is 12.9. The van der Waals surface area contributed by atoms with E-state index in [1.807, 2.05) is 0 Å². The van der Waals surface area contributed by atoms with Gasteiger partial charge in [-0.25, -0.2) is 4.57 Å². The molecule has 0 atom stereocenters. The zero-order valence-electron chi connectivity index (χ0n) is 6.42. The number of phosphoric acid groups is 1. The van der Waals surface area contributed by atoms with Crippen molar-refractivity contribution in [2.24, 2.45) is 0 Å². The lowest BCUT2D eigenvalue weighted by Crippen LogP contribution is -2.03. The van der Waals surface area contributed by atoms with E-state index in [-0.39, 0.29) is 0 Å². The molecule has 0 radical (unpaired) electrons. The van der Waals surface area contributed by atoms with Crippen molar-refractivity contribution in [1.29, 1.82) is 0 Å². The Bertz CT molecular complexity index is 183. The molecule has 0 aliphatic carbocycles. The second-order valence-electron chi connectivity index (χ2n) is 1.60. The van der Waals surface area contributed by atoms with E-state index in [9.17, 15) is 9.59 Å². The third-order valence-electron chi connectivity index (χ3n) is 0.287. The Labute approximate surface area is 68.2 Å². The highest BCUT2D eigenvalue weighted by Gasteiger charge is 2.00. The van der Waals surface area contributed by atoms with Crippen LogP contribution in [0.2, 0.25) is 0 Å². The highest BCUT2D eigenvalue weighted by molar-refractivity contribution is 7.45. The van der Waals surface area contributed by atoms with Gasteiger partial charge in [-0.05, 0) is 0 Å². The van der Waals surface area contributed by atoms with Gasteiger partial charge in [-0.15, -0.1) is 0 Å². The summed E-state index contributed by atoms with van der Waals surface area (Å²) in [5.41, 5.74) is 0. The molecule has 72 valence electrons. The molecule has 8 heteroatoms. The van der Waals surface area contributed by atoms with E-state index in [0.29, 0.717) is 0 Å². The molecule has 0 unspecified atom stereocenters. The Morgan fingerprint density at radius 2 is 1.25 bits per heavy atom. The predicted molar refractivity (Wildman–Crippen MR) is 36.7 cm³/mol. The average molecular weight is 200 g/mol. The largest absolute Gasteiger partial charge is 0.466 e. The van der Waals surface area contributed by atoms with Crippen LogP contribution in [0, 0.1) is 0 Å². The molecule has 0 aromatic rings. The molecular formula is C4H9O7P. The van der Waals surface area contributed by atoms with Gasteiger partial charge in [0.25, 0.3) is 0 Å². The van der Waals surface area contributed by atoms with Gasteiger partial charge in [0.2, 0.25) is 0 Å². The van der Waals surface area contributed by atoms with Crippen molar-refractivity contribution in [2.45, 2.75) is 13.8 Å². The van der Waals surface area contributed by atoms with Gasteiger partial charge in [0.15, 0.2) is 0 Å². The van der Waals surface area contributed by atoms with Crippen LogP contribution >= 0.6 is 7.82 Å². The molecule has 7 nitrogen and oxygen atoms in total. The third-order valence-corrected chi connectivity index (χ3v) is 0.287. The summed E-state index contributed by atoms with van der Waals surface area (Å²) in [6.07, 6.45) is 0. The van der Waals surface area contributed by atoms with Gasteiger partial charge in [0, 0.05) is 13.8 Å². The first-order chi connectivity index (χ1) is 5.13. The second kappa shape index (κ2) is 5.84. The second-order valence-corrected chi connectivity index (χ2v) is 2.63. The summed E-state index contributed by atoms with van der Waals surface area (Å²) in [6, 6.07) is 0. The number of carbonyl (C=O) groups is 2. The van der Waals surface area contributed by atoms with E-state index in [0.717, 1.165) is 0 Å². The van der Waals surface area contributed by atoms with Crippen molar-refractivity contribution in [3.8, 4) is 0 Å². The van der Waals surface area contributed by atoms with Gasteiger partial charge in [-0.3, -0.25) is 9.59 Å². The standard InChI is InChI=1S/C4H6O3.H3O4P/c1-3(5)7-4(2)6;1-5(2,3)4/h1-2H3;(H3,1,2,3,4). The Kier molecular flexibility index (Phi) is 6.73. The lowest BCUT2D eigenvalue weighted by molar-refractivity contribution is -0.156. The van der Waals surface area contributed by atoms with Crippen molar-refractivity contribution in [3.05, 3.63) is 0 Å². The van der Waals surface area contributed by atoms with E-state index >= 15 is 0 Å². The van der Waals surface area contributed by atoms with E-state index in [4.69, 9.17) is 19.2 Å². The molecule has 3 N–H and O–H groups in total. The summed E-state index contributed by atoms with van der Waals surface area (Å²) >= 11 is 0. The van der Waals surface area contributed by atoms with Gasteiger partial charge in [-0.2, -0.15) is 0 Å². The molecule has 0 bridgehead atoms. The highest BCUT2D eigenvalue weighted by Crippen LogP contribution is 2.25. The topological polar surface area (TPSA) is 121 Å². The maximum atomic E-state index is 9.81. The molecule has 12 heavy (non-hydrogen) atoms. The minimum atomic E-state index is -4.64. The normalized spacial score (nSPS) is 9.42. The monoisotopic (exact) mass is 200 g/mol. The smallest absolute Gasteiger partial charge is 0.394 e. The molecule has 0 aromatic heterocycles. The van der Waals surface area contributed by atoms with Crippen LogP contribution in [-0.4, -0.2) is 26.6 Å². The molecule has 0 heterocycles. The first-order valence-corrected chi connectivity index (χ1v) is 4.16. The maximum absolute atomic E-state index is 9.81. The predicted octanol–water partition coefficient (Wildman–Crippen LogP) is -0.833. The third kappa shape index (κ3) is 59.6. The Balaban J connectivity index is 0. The van der Waals surface area contributed by atoms with Crippen molar-refractivity contribution in [1.82, 2.24) is 0 Å². The van der Waals surface area contributed by atoms with Gasteiger partial charge in [0.05, 0.1) is 0 Å². The summed E-state index contributed by atoms with van der Waals surface area (Å²) in [6.45, 7) is 2.36. The number of hydrogen-bond donors (Lipinski definition) is 3. The van der Waals surface area contributed by atoms with Crippen LogP contribution in [0.1, 0.15) is 13.8 Å². The summed E-state index contributed by atoms with van der Waals surface area (Å²) in [5, 5.41) is 0. The van der Waals surface area contributed by atoms with Crippen molar-refractivity contribution < 1.29 is 33.6 Å². The summed E-state index contributed by atoms with van der Waals surface area (Å²) in [4.78, 5) is 41.2. The fourth-order valence-electron chi connectivity index (χ4n) is 0.202. The maximum Gasteiger partial charge on any atom is 0.466 e. The van der Waals surface area contributed by atoms with Crippen LogP contribution < -0.4 is 0 Å². The van der Waals surface area contributed by atoms with Crippen LogP contribution in [0.3, 0.4) is 0 Å². The fourth-order valence-corrected chi connectivity index (χ4v) is 0.202. The quantitative estimate of drug-likeness (QED) is 0.265. The van der Waals surface area contributed by atoms with E-state index in [1.54, 1.807) is 0 Å². The fraction of sp³-hybridized carbons (Fsp3) is 0.500. The first-order valence-electron chi connectivity index (χ1n) is 2.60.